The molecule has 0 aliphatic carbocycles. The number of carbonyl (C=O) groups excluding carboxylic acids is 1. The lowest BCUT2D eigenvalue weighted by Gasteiger charge is -2.16. The van der Waals surface area contributed by atoms with Gasteiger partial charge in [0.25, 0.3) is 0 Å². The summed E-state index contributed by atoms with van der Waals surface area (Å²) in [5.74, 6) is -0.366. The molecule has 1 aromatic heterocycles. The third kappa shape index (κ3) is 2.38. The highest BCUT2D eigenvalue weighted by Crippen LogP contribution is 2.27. The lowest BCUT2D eigenvalue weighted by atomic mass is 9.88. The molecule has 2 rings (SSSR count). The van der Waals surface area contributed by atoms with Gasteiger partial charge in [-0.1, -0.05) is 26.8 Å². The van der Waals surface area contributed by atoms with E-state index in [1.165, 1.54) is 6.07 Å². The van der Waals surface area contributed by atoms with E-state index in [0.717, 1.165) is 0 Å². The molecule has 90 valence electrons. The molecule has 0 saturated carbocycles. The van der Waals surface area contributed by atoms with Crippen LogP contribution in [0.1, 0.15) is 37.6 Å². The third-order valence-corrected chi connectivity index (χ3v) is 2.65. The standard InChI is InChI=1S/C14H16FNO/c1-14(2,3)7-12(17)9-8-16-11-6-4-5-10(15)13(9)11/h4-6,8,16H,7H2,1-3H3. The summed E-state index contributed by atoms with van der Waals surface area (Å²) >= 11 is 0. The minimum absolute atomic E-state index is 0.0196. The number of ketones is 1. The molecule has 0 amide bonds. The summed E-state index contributed by atoms with van der Waals surface area (Å²) in [4.78, 5) is 15.0. The number of rotatable bonds is 2. The number of hydrogen-bond donors (Lipinski definition) is 1. The fourth-order valence-electron chi connectivity index (χ4n) is 1.94. The van der Waals surface area contributed by atoms with Crippen LogP contribution in [0.2, 0.25) is 0 Å². The number of nitrogens with one attached hydrogen (secondary N) is 1. The van der Waals surface area contributed by atoms with Crippen molar-refractivity contribution in [2.45, 2.75) is 27.2 Å². The first-order valence-electron chi connectivity index (χ1n) is 5.67. The molecule has 1 heterocycles. The zero-order chi connectivity index (χ0) is 12.6. The Morgan fingerprint density at radius 1 is 1.35 bits per heavy atom. The molecule has 0 unspecified atom stereocenters. The quantitative estimate of drug-likeness (QED) is 0.783. The van der Waals surface area contributed by atoms with E-state index >= 15 is 0 Å². The number of benzene rings is 1. The van der Waals surface area contributed by atoms with Crippen molar-refractivity contribution in [3.8, 4) is 0 Å². The summed E-state index contributed by atoms with van der Waals surface area (Å²) in [5, 5.41) is 0.404. The Balaban J connectivity index is 2.46. The van der Waals surface area contributed by atoms with Crippen LogP contribution in [-0.2, 0) is 0 Å². The molecule has 3 heteroatoms. The zero-order valence-corrected chi connectivity index (χ0v) is 10.3. The second kappa shape index (κ2) is 3.99. The van der Waals surface area contributed by atoms with Crippen molar-refractivity contribution in [2.75, 3.05) is 0 Å². The van der Waals surface area contributed by atoms with Gasteiger partial charge in [0.1, 0.15) is 5.82 Å². The van der Waals surface area contributed by atoms with E-state index < -0.39 is 0 Å². The Bertz CT molecular complexity index is 563. The molecule has 2 nitrogen and oxygen atoms in total. The Morgan fingerprint density at radius 3 is 2.71 bits per heavy atom. The van der Waals surface area contributed by atoms with Crippen LogP contribution in [0.25, 0.3) is 10.9 Å². The Kier molecular flexibility index (Phi) is 2.77. The molecule has 17 heavy (non-hydrogen) atoms. The van der Waals surface area contributed by atoms with E-state index in [0.29, 0.717) is 22.9 Å². The van der Waals surface area contributed by atoms with Gasteiger partial charge in [-0.15, -0.1) is 0 Å². The van der Waals surface area contributed by atoms with E-state index in [9.17, 15) is 9.18 Å². The number of aromatic amines is 1. The second-order valence-electron chi connectivity index (χ2n) is 5.53. The molecule has 1 N–H and O–H groups in total. The van der Waals surface area contributed by atoms with Gasteiger partial charge in [-0.2, -0.15) is 0 Å². The first-order valence-corrected chi connectivity index (χ1v) is 5.67. The molecule has 2 aromatic rings. The molecule has 0 atom stereocenters. The van der Waals surface area contributed by atoms with Crippen LogP contribution in [0.3, 0.4) is 0 Å². The van der Waals surface area contributed by atoms with Crippen molar-refractivity contribution in [1.29, 1.82) is 0 Å². The van der Waals surface area contributed by atoms with Crippen LogP contribution in [0.15, 0.2) is 24.4 Å². The van der Waals surface area contributed by atoms with Crippen molar-refractivity contribution < 1.29 is 9.18 Å². The largest absolute Gasteiger partial charge is 0.360 e. The number of carbonyl (C=O) groups is 1. The van der Waals surface area contributed by atoms with Gasteiger partial charge in [0, 0.05) is 29.1 Å². The zero-order valence-electron chi connectivity index (χ0n) is 10.3. The summed E-state index contributed by atoms with van der Waals surface area (Å²) < 4.78 is 13.7. The molecule has 0 spiro atoms. The maximum absolute atomic E-state index is 13.7. The topological polar surface area (TPSA) is 32.9 Å². The summed E-state index contributed by atoms with van der Waals surface area (Å²) in [6.07, 6.45) is 2.01. The van der Waals surface area contributed by atoms with Gasteiger partial charge in [0.2, 0.25) is 0 Å². The van der Waals surface area contributed by atoms with Crippen molar-refractivity contribution in [3.63, 3.8) is 0 Å². The number of H-pyrrole nitrogens is 1. The van der Waals surface area contributed by atoms with Gasteiger partial charge in [-0.3, -0.25) is 4.79 Å². The van der Waals surface area contributed by atoms with Crippen LogP contribution < -0.4 is 0 Å². The fourth-order valence-corrected chi connectivity index (χ4v) is 1.94. The van der Waals surface area contributed by atoms with Gasteiger partial charge in [-0.05, 0) is 17.5 Å². The Morgan fingerprint density at radius 2 is 2.06 bits per heavy atom. The van der Waals surface area contributed by atoms with Crippen molar-refractivity contribution in [3.05, 3.63) is 35.8 Å². The van der Waals surface area contributed by atoms with Gasteiger partial charge in [0.05, 0.1) is 0 Å². The normalized spacial score (nSPS) is 12.0. The Hall–Kier alpha value is -1.64. The summed E-state index contributed by atoms with van der Waals surface area (Å²) in [6, 6.07) is 4.78. The fraction of sp³-hybridized carbons (Fsp3) is 0.357. The SMILES string of the molecule is CC(C)(C)CC(=O)c1c[nH]c2cccc(F)c12. The van der Waals surface area contributed by atoms with E-state index in [2.05, 4.69) is 4.98 Å². The number of Topliss-reactive ketones (excluding diaryl/α,β-unsaturated/α-hetero) is 1. The molecule has 1 aromatic carbocycles. The van der Waals surface area contributed by atoms with Crippen molar-refractivity contribution in [2.24, 2.45) is 5.41 Å². The second-order valence-corrected chi connectivity index (χ2v) is 5.53. The number of hydrogen-bond acceptors (Lipinski definition) is 1. The van der Waals surface area contributed by atoms with E-state index in [-0.39, 0.29) is 17.0 Å². The first-order chi connectivity index (χ1) is 7.88. The smallest absolute Gasteiger partial charge is 0.165 e. The highest BCUT2D eigenvalue weighted by atomic mass is 19.1. The molecular formula is C14H16FNO. The van der Waals surface area contributed by atoms with E-state index in [1.54, 1.807) is 18.3 Å². The summed E-state index contributed by atoms with van der Waals surface area (Å²) in [6.45, 7) is 5.99. The monoisotopic (exact) mass is 233 g/mol. The molecule has 0 saturated heterocycles. The lowest BCUT2D eigenvalue weighted by molar-refractivity contribution is 0.0941. The maximum atomic E-state index is 13.7. The number of halogens is 1. The molecule has 0 aliphatic rings. The lowest BCUT2D eigenvalue weighted by Crippen LogP contribution is -2.12. The molecular weight excluding hydrogens is 217 g/mol. The third-order valence-electron chi connectivity index (χ3n) is 2.65. The molecule has 0 bridgehead atoms. The van der Waals surface area contributed by atoms with Gasteiger partial charge >= 0.3 is 0 Å². The first kappa shape index (κ1) is 11.8. The molecule has 0 fully saturated rings. The predicted molar refractivity (Wildman–Crippen MR) is 66.7 cm³/mol. The van der Waals surface area contributed by atoms with Crippen LogP contribution in [0.4, 0.5) is 4.39 Å². The van der Waals surface area contributed by atoms with Gasteiger partial charge in [0.15, 0.2) is 5.78 Å². The van der Waals surface area contributed by atoms with Crippen LogP contribution in [0, 0.1) is 11.2 Å². The number of aromatic nitrogens is 1. The van der Waals surface area contributed by atoms with Crippen molar-refractivity contribution >= 4 is 16.7 Å². The predicted octanol–water partition coefficient (Wildman–Crippen LogP) is 3.93. The Labute approximate surface area is 99.8 Å². The summed E-state index contributed by atoms with van der Waals surface area (Å²) in [7, 11) is 0. The van der Waals surface area contributed by atoms with Gasteiger partial charge < -0.3 is 4.98 Å². The minimum atomic E-state index is -0.346. The maximum Gasteiger partial charge on any atom is 0.165 e. The van der Waals surface area contributed by atoms with E-state index in [4.69, 9.17) is 0 Å². The van der Waals surface area contributed by atoms with Gasteiger partial charge in [-0.25, -0.2) is 4.39 Å². The van der Waals surface area contributed by atoms with Crippen LogP contribution in [-0.4, -0.2) is 10.8 Å². The molecule has 0 aliphatic heterocycles. The van der Waals surface area contributed by atoms with Crippen LogP contribution >= 0.6 is 0 Å². The highest BCUT2D eigenvalue weighted by molar-refractivity contribution is 6.08. The molecule has 0 radical (unpaired) electrons. The highest BCUT2D eigenvalue weighted by Gasteiger charge is 2.21. The van der Waals surface area contributed by atoms with Crippen molar-refractivity contribution in [1.82, 2.24) is 4.98 Å². The van der Waals surface area contributed by atoms with Crippen LogP contribution in [0.5, 0.6) is 0 Å². The average molecular weight is 233 g/mol. The average Bonchev–Trinajstić information content (AvgIpc) is 2.60. The minimum Gasteiger partial charge on any atom is -0.360 e. The summed E-state index contributed by atoms with van der Waals surface area (Å²) in [5.41, 5.74) is 1.03. The number of fused-ring (bicyclic) bond motifs is 1. The van der Waals surface area contributed by atoms with E-state index in [1.807, 2.05) is 20.8 Å².